The minimum Gasteiger partial charge on any atom is -0.494 e. The zero-order chi connectivity index (χ0) is 21.5. The number of methoxy groups -OCH3 is 1. The molecule has 0 unspecified atom stereocenters. The van der Waals surface area contributed by atoms with Crippen molar-refractivity contribution in [2.45, 2.75) is 20.1 Å². The second kappa shape index (κ2) is 11.0. The van der Waals surface area contributed by atoms with Crippen LogP contribution in [0.4, 0.5) is 5.69 Å². The highest BCUT2D eigenvalue weighted by Gasteiger charge is 2.13. The van der Waals surface area contributed by atoms with Crippen molar-refractivity contribution in [1.82, 2.24) is 0 Å². The van der Waals surface area contributed by atoms with Gasteiger partial charge >= 0.3 is 0 Å². The molecule has 0 radical (unpaired) electrons. The van der Waals surface area contributed by atoms with E-state index < -0.39 is 0 Å². The molecule has 0 atom stereocenters. The molecule has 30 heavy (non-hydrogen) atoms. The molecule has 0 spiro atoms. The number of hydrogen-bond donors (Lipinski definition) is 1. The Hall–Kier alpha value is -1.83. The van der Waals surface area contributed by atoms with Crippen LogP contribution in [0.25, 0.3) is 0 Å². The fourth-order valence-electron chi connectivity index (χ4n) is 2.84. The van der Waals surface area contributed by atoms with Crippen LogP contribution in [0.15, 0.2) is 54.6 Å². The minimum atomic E-state index is 0.326. The molecule has 0 aromatic heterocycles. The first-order valence-corrected chi connectivity index (χ1v) is 11.2. The van der Waals surface area contributed by atoms with Crippen LogP contribution in [-0.4, -0.2) is 13.7 Å². The van der Waals surface area contributed by atoms with E-state index in [2.05, 4.69) is 34.0 Å². The largest absolute Gasteiger partial charge is 0.494 e. The summed E-state index contributed by atoms with van der Waals surface area (Å²) < 4.78 is 18.0. The van der Waals surface area contributed by atoms with Gasteiger partial charge in [-0.2, -0.15) is 0 Å². The highest BCUT2D eigenvalue weighted by Crippen LogP contribution is 2.35. The summed E-state index contributed by atoms with van der Waals surface area (Å²) in [6.07, 6.45) is 0. The summed E-state index contributed by atoms with van der Waals surface area (Å²) in [5.41, 5.74) is 2.97. The van der Waals surface area contributed by atoms with Crippen molar-refractivity contribution < 1.29 is 14.2 Å². The van der Waals surface area contributed by atoms with E-state index in [9.17, 15) is 0 Å². The van der Waals surface area contributed by atoms with Crippen LogP contribution in [0.5, 0.6) is 17.2 Å². The van der Waals surface area contributed by atoms with E-state index >= 15 is 0 Å². The molecular weight excluding hydrogens is 536 g/mol. The second-order valence-corrected chi connectivity index (χ2v) is 8.45. The first kappa shape index (κ1) is 22.8. The number of anilines is 1. The van der Waals surface area contributed by atoms with Crippen molar-refractivity contribution in [3.05, 3.63) is 79.3 Å². The molecule has 1 N–H and O–H groups in total. The summed E-state index contributed by atoms with van der Waals surface area (Å²) in [6, 6.07) is 17.3. The summed E-state index contributed by atoms with van der Waals surface area (Å²) in [7, 11) is 1.64. The predicted octanol–water partition coefficient (Wildman–Crippen LogP) is 7.20. The lowest BCUT2D eigenvalue weighted by atomic mass is 10.2. The molecule has 0 aliphatic carbocycles. The predicted molar refractivity (Wildman–Crippen MR) is 131 cm³/mol. The molecule has 0 saturated heterocycles. The molecule has 3 aromatic carbocycles. The Morgan fingerprint density at radius 3 is 2.40 bits per heavy atom. The van der Waals surface area contributed by atoms with Gasteiger partial charge in [0.1, 0.15) is 12.4 Å². The Balaban J connectivity index is 1.68. The molecule has 3 rings (SSSR count). The highest BCUT2D eigenvalue weighted by atomic mass is 127. The summed E-state index contributed by atoms with van der Waals surface area (Å²) >= 11 is 14.5. The topological polar surface area (TPSA) is 39.7 Å². The molecule has 0 saturated carbocycles. The standard InChI is InChI=1S/C23H22Cl2INO3/c1-3-29-19-8-6-18(7-9-19)27-13-15-10-21(26)23(22(11-15)28-2)30-14-16-4-5-17(24)12-20(16)25/h4-12,27H,3,13-14H2,1-2H3. The number of halogens is 3. The molecule has 0 bridgehead atoms. The average Bonchev–Trinajstić information content (AvgIpc) is 2.73. The van der Waals surface area contributed by atoms with Crippen molar-refractivity contribution in [3.8, 4) is 17.2 Å². The quantitative estimate of drug-likeness (QED) is 0.282. The fourth-order valence-corrected chi connectivity index (χ4v) is 4.13. The van der Waals surface area contributed by atoms with Gasteiger partial charge in [-0.05, 0) is 83.6 Å². The summed E-state index contributed by atoms with van der Waals surface area (Å²) in [6.45, 7) is 3.61. The molecule has 7 heteroatoms. The van der Waals surface area contributed by atoms with Crippen LogP contribution in [0.1, 0.15) is 18.1 Å². The molecular formula is C23H22Cl2INO3. The molecule has 0 aliphatic heterocycles. The Morgan fingerprint density at radius 1 is 0.967 bits per heavy atom. The SMILES string of the molecule is CCOc1ccc(NCc2cc(I)c(OCc3ccc(Cl)cc3Cl)c(OC)c2)cc1. The summed E-state index contributed by atoms with van der Waals surface area (Å²) in [5.74, 6) is 2.23. The Bertz CT molecular complexity index is 996. The molecule has 0 heterocycles. The van der Waals surface area contributed by atoms with Crippen molar-refractivity contribution >= 4 is 51.5 Å². The van der Waals surface area contributed by atoms with E-state index in [0.717, 1.165) is 26.1 Å². The lowest BCUT2D eigenvalue weighted by Gasteiger charge is -2.16. The third-order valence-electron chi connectivity index (χ3n) is 4.34. The third-order valence-corrected chi connectivity index (χ3v) is 5.73. The van der Waals surface area contributed by atoms with E-state index in [0.29, 0.717) is 41.3 Å². The van der Waals surface area contributed by atoms with E-state index in [-0.39, 0.29) is 0 Å². The van der Waals surface area contributed by atoms with Gasteiger partial charge in [-0.3, -0.25) is 0 Å². The Kier molecular flexibility index (Phi) is 8.36. The van der Waals surface area contributed by atoms with Crippen molar-refractivity contribution in [1.29, 1.82) is 0 Å². The van der Waals surface area contributed by atoms with Gasteiger partial charge in [0.25, 0.3) is 0 Å². The van der Waals surface area contributed by atoms with Gasteiger partial charge in [0.05, 0.1) is 17.3 Å². The van der Waals surface area contributed by atoms with Gasteiger partial charge in [-0.15, -0.1) is 0 Å². The van der Waals surface area contributed by atoms with Crippen LogP contribution in [0.3, 0.4) is 0 Å². The average molecular weight is 558 g/mol. The van der Waals surface area contributed by atoms with Crippen molar-refractivity contribution in [2.24, 2.45) is 0 Å². The maximum Gasteiger partial charge on any atom is 0.174 e. The van der Waals surface area contributed by atoms with Gasteiger partial charge in [0.15, 0.2) is 11.5 Å². The molecule has 0 fully saturated rings. The van der Waals surface area contributed by atoms with E-state index in [4.69, 9.17) is 37.4 Å². The van der Waals surface area contributed by atoms with Crippen LogP contribution in [0.2, 0.25) is 10.0 Å². The van der Waals surface area contributed by atoms with Gasteiger partial charge in [0, 0.05) is 27.8 Å². The Morgan fingerprint density at radius 2 is 1.73 bits per heavy atom. The summed E-state index contributed by atoms with van der Waals surface area (Å²) in [5, 5.41) is 4.59. The monoisotopic (exact) mass is 557 g/mol. The van der Waals surface area contributed by atoms with E-state index in [1.165, 1.54) is 0 Å². The number of rotatable bonds is 9. The number of hydrogen-bond acceptors (Lipinski definition) is 4. The van der Waals surface area contributed by atoms with Crippen molar-refractivity contribution in [2.75, 3.05) is 19.0 Å². The van der Waals surface area contributed by atoms with Gasteiger partial charge in [-0.1, -0.05) is 29.3 Å². The normalized spacial score (nSPS) is 10.6. The number of benzene rings is 3. The van der Waals surface area contributed by atoms with Gasteiger partial charge in [0.2, 0.25) is 0 Å². The summed E-state index contributed by atoms with van der Waals surface area (Å²) in [4.78, 5) is 0. The third kappa shape index (κ3) is 6.09. The molecule has 0 aliphatic rings. The number of nitrogens with one attached hydrogen (secondary N) is 1. The number of ether oxygens (including phenoxy) is 3. The fraction of sp³-hybridized carbons (Fsp3) is 0.217. The van der Waals surface area contributed by atoms with Gasteiger partial charge < -0.3 is 19.5 Å². The zero-order valence-electron chi connectivity index (χ0n) is 16.7. The smallest absolute Gasteiger partial charge is 0.174 e. The van der Waals surface area contributed by atoms with E-state index in [1.807, 2.05) is 43.3 Å². The Labute approximate surface area is 200 Å². The zero-order valence-corrected chi connectivity index (χ0v) is 20.3. The molecule has 3 aromatic rings. The highest BCUT2D eigenvalue weighted by molar-refractivity contribution is 14.1. The second-order valence-electron chi connectivity index (χ2n) is 6.44. The van der Waals surface area contributed by atoms with Crippen LogP contribution < -0.4 is 19.5 Å². The molecule has 4 nitrogen and oxygen atoms in total. The molecule has 0 amide bonds. The molecule has 158 valence electrons. The lowest BCUT2D eigenvalue weighted by molar-refractivity contribution is 0.282. The lowest BCUT2D eigenvalue weighted by Crippen LogP contribution is -2.04. The first-order valence-electron chi connectivity index (χ1n) is 9.40. The first-order chi connectivity index (χ1) is 14.5. The van der Waals surface area contributed by atoms with E-state index in [1.54, 1.807) is 19.2 Å². The van der Waals surface area contributed by atoms with Crippen LogP contribution in [0, 0.1) is 3.57 Å². The van der Waals surface area contributed by atoms with Crippen LogP contribution >= 0.6 is 45.8 Å². The van der Waals surface area contributed by atoms with Crippen molar-refractivity contribution in [3.63, 3.8) is 0 Å². The minimum absolute atomic E-state index is 0.326. The maximum absolute atomic E-state index is 6.25. The van der Waals surface area contributed by atoms with Crippen LogP contribution in [-0.2, 0) is 13.2 Å². The maximum atomic E-state index is 6.25. The van der Waals surface area contributed by atoms with Gasteiger partial charge in [-0.25, -0.2) is 0 Å².